The summed E-state index contributed by atoms with van der Waals surface area (Å²) in [7, 11) is 0. The van der Waals surface area contributed by atoms with Crippen molar-refractivity contribution in [2.75, 3.05) is 26.4 Å². The van der Waals surface area contributed by atoms with Crippen LogP contribution in [0.2, 0.25) is 10.0 Å². The molecule has 168 valence electrons. The Labute approximate surface area is 201 Å². The SMILES string of the molecule is CCOc1ccc(C(=O)OCCCCOc2c(Cl)cc(OCC=C(Cl)Cl)cc2Cl)cc1. The third-order valence-electron chi connectivity index (χ3n) is 3.88. The lowest BCUT2D eigenvalue weighted by molar-refractivity contribution is 0.0494. The van der Waals surface area contributed by atoms with E-state index in [4.69, 9.17) is 65.4 Å². The molecule has 0 saturated carbocycles. The van der Waals surface area contributed by atoms with Gasteiger partial charge in [-0.05, 0) is 50.1 Å². The molecule has 0 spiro atoms. The summed E-state index contributed by atoms with van der Waals surface area (Å²) < 4.78 is 21.8. The molecule has 0 aliphatic carbocycles. The van der Waals surface area contributed by atoms with Gasteiger partial charge in [0.15, 0.2) is 5.75 Å². The summed E-state index contributed by atoms with van der Waals surface area (Å²) in [6, 6.07) is 10.0. The van der Waals surface area contributed by atoms with Gasteiger partial charge in [0.25, 0.3) is 0 Å². The van der Waals surface area contributed by atoms with Crippen LogP contribution in [-0.4, -0.2) is 32.4 Å². The summed E-state index contributed by atoms with van der Waals surface area (Å²) in [4.78, 5) is 12.0. The van der Waals surface area contributed by atoms with Gasteiger partial charge in [-0.1, -0.05) is 46.4 Å². The van der Waals surface area contributed by atoms with Crippen LogP contribution in [0.3, 0.4) is 0 Å². The highest BCUT2D eigenvalue weighted by Gasteiger charge is 2.11. The second-order valence-corrected chi connectivity index (χ2v) is 7.99. The molecule has 0 N–H and O–H groups in total. The smallest absolute Gasteiger partial charge is 0.338 e. The number of unbranched alkanes of at least 4 members (excludes halogenated alkanes) is 1. The molecule has 2 rings (SSSR count). The standard InChI is InChI=1S/C22H22Cl4O5/c1-2-28-16-7-5-15(6-8-16)22(27)31-11-4-3-10-30-21-18(23)13-17(14-19(21)24)29-12-9-20(25)26/h5-9,13-14H,2-4,10-12H2,1H3. The lowest BCUT2D eigenvalue weighted by Crippen LogP contribution is -2.08. The molecule has 2 aromatic rings. The van der Waals surface area contributed by atoms with Gasteiger partial charge in [-0.3, -0.25) is 0 Å². The zero-order valence-electron chi connectivity index (χ0n) is 16.8. The molecule has 31 heavy (non-hydrogen) atoms. The van der Waals surface area contributed by atoms with Gasteiger partial charge >= 0.3 is 5.97 Å². The number of ether oxygens (including phenoxy) is 4. The number of hydrogen-bond acceptors (Lipinski definition) is 5. The molecule has 0 atom stereocenters. The number of hydrogen-bond donors (Lipinski definition) is 0. The summed E-state index contributed by atoms with van der Waals surface area (Å²) in [6.45, 7) is 3.30. The van der Waals surface area contributed by atoms with Gasteiger partial charge in [-0.2, -0.15) is 0 Å². The molecular formula is C22H22Cl4O5. The molecule has 0 aliphatic rings. The van der Waals surface area contributed by atoms with Crippen LogP contribution >= 0.6 is 46.4 Å². The number of halogens is 4. The fourth-order valence-corrected chi connectivity index (χ4v) is 3.14. The molecule has 5 nitrogen and oxygen atoms in total. The van der Waals surface area contributed by atoms with Gasteiger partial charge in [0, 0.05) is 12.1 Å². The Hall–Kier alpha value is -1.79. The zero-order chi connectivity index (χ0) is 22.6. The number of benzene rings is 2. The van der Waals surface area contributed by atoms with Crippen molar-refractivity contribution < 1.29 is 23.7 Å². The van der Waals surface area contributed by atoms with E-state index in [2.05, 4.69) is 0 Å². The van der Waals surface area contributed by atoms with Crippen molar-refractivity contribution >= 4 is 52.4 Å². The predicted molar refractivity (Wildman–Crippen MR) is 124 cm³/mol. The first kappa shape index (κ1) is 25.5. The van der Waals surface area contributed by atoms with Crippen molar-refractivity contribution in [2.45, 2.75) is 19.8 Å². The average Bonchev–Trinajstić information content (AvgIpc) is 2.72. The maximum atomic E-state index is 12.0. The summed E-state index contributed by atoms with van der Waals surface area (Å²) >= 11 is 23.5. The van der Waals surface area contributed by atoms with Crippen LogP contribution in [0, 0.1) is 0 Å². The molecule has 0 heterocycles. The quantitative estimate of drug-likeness (QED) is 0.226. The van der Waals surface area contributed by atoms with Crippen molar-refractivity contribution in [3.05, 3.63) is 62.6 Å². The number of carbonyl (C=O) groups excluding carboxylic acids is 1. The second-order valence-electron chi connectivity index (χ2n) is 6.17. The number of rotatable bonds is 12. The summed E-state index contributed by atoms with van der Waals surface area (Å²) in [5, 5.41) is 0.649. The molecule has 0 aliphatic heterocycles. The van der Waals surface area contributed by atoms with Crippen LogP contribution in [0.4, 0.5) is 0 Å². The van der Waals surface area contributed by atoms with Crippen LogP contribution in [0.5, 0.6) is 17.2 Å². The lowest BCUT2D eigenvalue weighted by Gasteiger charge is -2.12. The summed E-state index contributed by atoms with van der Waals surface area (Å²) in [5.41, 5.74) is 0.476. The maximum absolute atomic E-state index is 12.0. The molecule has 0 radical (unpaired) electrons. The molecule has 0 aromatic heterocycles. The van der Waals surface area contributed by atoms with E-state index in [1.54, 1.807) is 36.4 Å². The van der Waals surface area contributed by atoms with Crippen molar-refractivity contribution in [3.63, 3.8) is 0 Å². The molecular weight excluding hydrogens is 486 g/mol. The highest BCUT2D eigenvalue weighted by Crippen LogP contribution is 2.37. The lowest BCUT2D eigenvalue weighted by atomic mass is 10.2. The highest BCUT2D eigenvalue weighted by molar-refractivity contribution is 6.55. The third kappa shape index (κ3) is 9.08. The van der Waals surface area contributed by atoms with Crippen molar-refractivity contribution in [2.24, 2.45) is 0 Å². The van der Waals surface area contributed by atoms with Crippen molar-refractivity contribution in [3.8, 4) is 17.2 Å². The normalized spacial score (nSPS) is 10.4. The van der Waals surface area contributed by atoms with Crippen LogP contribution < -0.4 is 14.2 Å². The van der Waals surface area contributed by atoms with Gasteiger partial charge in [0.05, 0.1) is 35.4 Å². The topological polar surface area (TPSA) is 54.0 Å². The van der Waals surface area contributed by atoms with E-state index >= 15 is 0 Å². The third-order valence-corrected chi connectivity index (χ3v) is 4.75. The fourth-order valence-electron chi connectivity index (χ4n) is 2.44. The molecule has 0 unspecified atom stereocenters. The average molecular weight is 508 g/mol. The largest absolute Gasteiger partial charge is 0.494 e. The summed E-state index contributed by atoms with van der Waals surface area (Å²) in [6.07, 6.45) is 2.78. The Bertz CT molecular complexity index is 857. The van der Waals surface area contributed by atoms with Gasteiger partial charge in [0.2, 0.25) is 0 Å². The summed E-state index contributed by atoms with van der Waals surface area (Å²) in [5.74, 6) is 1.17. The Morgan fingerprint density at radius 1 is 0.903 bits per heavy atom. The first-order valence-electron chi connectivity index (χ1n) is 9.56. The highest BCUT2D eigenvalue weighted by atomic mass is 35.5. The van der Waals surface area contributed by atoms with Gasteiger partial charge in [-0.15, -0.1) is 0 Å². The Kier molecular flexibility index (Phi) is 11.2. The molecule has 0 amide bonds. The maximum Gasteiger partial charge on any atom is 0.338 e. The first-order chi connectivity index (χ1) is 14.9. The molecule has 0 saturated heterocycles. The first-order valence-corrected chi connectivity index (χ1v) is 11.1. The Morgan fingerprint density at radius 2 is 1.55 bits per heavy atom. The Balaban J connectivity index is 1.71. The van der Waals surface area contributed by atoms with E-state index in [9.17, 15) is 4.79 Å². The van der Waals surface area contributed by atoms with Crippen LogP contribution in [0.1, 0.15) is 30.1 Å². The van der Waals surface area contributed by atoms with Gasteiger partial charge < -0.3 is 18.9 Å². The fraction of sp³-hybridized carbons (Fsp3) is 0.318. The minimum Gasteiger partial charge on any atom is -0.494 e. The zero-order valence-corrected chi connectivity index (χ0v) is 19.9. The van der Waals surface area contributed by atoms with E-state index < -0.39 is 0 Å². The van der Waals surface area contributed by atoms with E-state index in [0.717, 1.165) is 0 Å². The minimum atomic E-state index is -0.379. The molecule has 0 fully saturated rings. The second kappa shape index (κ2) is 13.6. The van der Waals surface area contributed by atoms with E-state index in [0.29, 0.717) is 58.9 Å². The van der Waals surface area contributed by atoms with E-state index in [-0.39, 0.29) is 23.7 Å². The van der Waals surface area contributed by atoms with Crippen LogP contribution in [-0.2, 0) is 4.74 Å². The predicted octanol–water partition coefficient (Wildman–Crippen LogP) is 7.11. The van der Waals surface area contributed by atoms with Crippen LogP contribution in [0.15, 0.2) is 47.0 Å². The van der Waals surface area contributed by atoms with E-state index in [1.165, 1.54) is 6.08 Å². The number of esters is 1. The molecule has 0 bridgehead atoms. The van der Waals surface area contributed by atoms with Crippen molar-refractivity contribution in [1.29, 1.82) is 0 Å². The van der Waals surface area contributed by atoms with Gasteiger partial charge in [0.1, 0.15) is 22.6 Å². The molecule has 9 heteroatoms. The molecule has 2 aromatic carbocycles. The van der Waals surface area contributed by atoms with E-state index in [1.807, 2.05) is 6.92 Å². The monoisotopic (exact) mass is 506 g/mol. The van der Waals surface area contributed by atoms with Crippen molar-refractivity contribution in [1.82, 2.24) is 0 Å². The Morgan fingerprint density at radius 3 is 2.16 bits per heavy atom. The minimum absolute atomic E-state index is 0.113. The van der Waals surface area contributed by atoms with Gasteiger partial charge in [-0.25, -0.2) is 4.79 Å². The number of carbonyl (C=O) groups is 1. The van der Waals surface area contributed by atoms with Crippen LogP contribution in [0.25, 0.3) is 0 Å².